The summed E-state index contributed by atoms with van der Waals surface area (Å²) >= 11 is 0. The van der Waals surface area contributed by atoms with Crippen molar-refractivity contribution in [2.24, 2.45) is 0 Å². The molecular formula is C18H13N3O2. The highest BCUT2D eigenvalue weighted by atomic mass is 16.2. The first-order valence-electron chi connectivity index (χ1n) is 7.25. The second kappa shape index (κ2) is 4.91. The van der Waals surface area contributed by atoms with Crippen LogP contribution in [0.25, 0.3) is 27.5 Å². The van der Waals surface area contributed by atoms with Gasteiger partial charge < -0.3 is 4.98 Å². The van der Waals surface area contributed by atoms with E-state index in [9.17, 15) is 9.59 Å². The van der Waals surface area contributed by atoms with E-state index in [-0.39, 0.29) is 5.56 Å². The Balaban J connectivity index is 2.13. The van der Waals surface area contributed by atoms with Gasteiger partial charge in [0.2, 0.25) is 0 Å². The lowest BCUT2D eigenvalue weighted by Gasteiger charge is -2.08. The molecule has 0 spiro atoms. The Bertz CT molecular complexity index is 1150. The largest absolute Gasteiger partial charge is 0.333 e. The van der Waals surface area contributed by atoms with Gasteiger partial charge in [0.05, 0.1) is 22.1 Å². The fraction of sp³-hybridized carbons (Fsp3) is 0.0556. The van der Waals surface area contributed by atoms with Gasteiger partial charge in [0.15, 0.2) is 0 Å². The van der Waals surface area contributed by atoms with Crippen molar-refractivity contribution in [3.8, 4) is 5.69 Å². The Kier molecular flexibility index (Phi) is 2.87. The molecule has 0 bridgehead atoms. The first-order valence-corrected chi connectivity index (χ1v) is 7.25. The number of benzene rings is 2. The van der Waals surface area contributed by atoms with Crippen LogP contribution in [0.1, 0.15) is 5.56 Å². The summed E-state index contributed by atoms with van der Waals surface area (Å²) in [5, 5.41) is 1.15. The van der Waals surface area contributed by atoms with Crippen molar-refractivity contribution in [3.05, 3.63) is 81.1 Å². The number of aromatic amines is 1. The van der Waals surface area contributed by atoms with Gasteiger partial charge in [-0.1, -0.05) is 35.9 Å². The number of nitrogens with one attached hydrogen (secondary N) is 1. The molecule has 0 fully saturated rings. The lowest BCUT2D eigenvalue weighted by Crippen LogP contribution is -2.33. The minimum atomic E-state index is -0.456. The Labute approximate surface area is 130 Å². The van der Waals surface area contributed by atoms with Crippen LogP contribution in [0.5, 0.6) is 0 Å². The van der Waals surface area contributed by atoms with E-state index in [0.717, 1.165) is 21.0 Å². The van der Waals surface area contributed by atoms with Crippen molar-refractivity contribution in [1.82, 2.24) is 14.5 Å². The molecule has 4 aromatic rings. The Hall–Kier alpha value is -3.21. The molecule has 5 nitrogen and oxygen atoms in total. The van der Waals surface area contributed by atoms with Gasteiger partial charge >= 0.3 is 5.69 Å². The van der Waals surface area contributed by atoms with E-state index in [4.69, 9.17) is 0 Å². The van der Waals surface area contributed by atoms with Crippen molar-refractivity contribution < 1.29 is 0 Å². The maximum absolute atomic E-state index is 12.8. The SMILES string of the molecule is Cc1ccc(-n2c(=O)[nH]c3c(cnc4ccccc43)c2=O)cc1. The second-order valence-corrected chi connectivity index (χ2v) is 5.47. The molecule has 112 valence electrons. The number of rotatable bonds is 1. The van der Waals surface area contributed by atoms with Crippen LogP contribution < -0.4 is 11.2 Å². The number of aryl methyl sites for hydroxylation is 1. The van der Waals surface area contributed by atoms with Crippen molar-refractivity contribution in [2.45, 2.75) is 6.92 Å². The fourth-order valence-electron chi connectivity index (χ4n) is 2.74. The van der Waals surface area contributed by atoms with E-state index in [1.54, 1.807) is 12.1 Å². The Morgan fingerprint density at radius 2 is 1.70 bits per heavy atom. The summed E-state index contributed by atoms with van der Waals surface area (Å²) < 4.78 is 1.14. The zero-order chi connectivity index (χ0) is 16.0. The summed E-state index contributed by atoms with van der Waals surface area (Å²) in [7, 11) is 0. The van der Waals surface area contributed by atoms with E-state index >= 15 is 0 Å². The van der Waals surface area contributed by atoms with Crippen LogP contribution in [0.2, 0.25) is 0 Å². The van der Waals surface area contributed by atoms with Crippen LogP contribution in [-0.4, -0.2) is 14.5 Å². The highest BCUT2D eigenvalue weighted by Crippen LogP contribution is 2.18. The predicted octanol–water partition coefficient (Wildman–Crippen LogP) is 2.54. The van der Waals surface area contributed by atoms with Gasteiger partial charge in [0.25, 0.3) is 5.56 Å². The van der Waals surface area contributed by atoms with Gasteiger partial charge in [-0.25, -0.2) is 9.36 Å². The number of pyridine rings is 1. The molecular weight excluding hydrogens is 290 g/mol. The number of hydrogen-bond acceptors (Lipinski definition) is 3. The standard InChI is InChI=1S/C18H13N3O2/c1-11-6-8-12(9-7-11)21-17(22)14-10-19-15-5-3-2-4-13(15)16(14)20-18(21)23/h2-10H,1H3,(H,20,23). The summed E-state index contributed by atoms with van der Waals surface area (Å²) in [6, 6.07) is 14.7. The summed E-state index contributed by atoms with van der Waals surface area (Å²) in [6.45, 7) is 1.95. The third kappa shape index (κ3) is 2.05. The van der Waals surface area contributed by atoms with Gasteiger partial charge in [-0.05, 0) is 25.1 Å². The first-order chi connectivity index (χ1) is 11.1. The quantitative estimate of drug-likeness (QED) is 0.549. The zero-order valence-electron chi connectivity index (χ0n) is 12.4. The van der Waals surface area contributed by atoms with Crippen molar-refractivity contribution in [1.29, 1.82) is 0 Å². The molecule has 0 amide bonds. The fourth-order valence-corrected chi connectivity index (χ4v) is 2.74. The molecule has 0 saturated heterocycles. The third-order valence-corrected chi connectivity index (χ3v) is 3.94. The number of fused-ring (bicyclic) bond motifs is 3. The molecule has 0 unspecified atom stereocenters. The maximum Gasteiger partial charge on any atom is 0.333 e. The Morgan fingerprint density at radius 1 is 0.957 bits per heavy atom. The van der Waals surface area contributed by atoms with Crippen molar-refractivity contribution in [2.75, 3.05) is 0 Å². The molecule has 2 aromatic carbocycles. The van der Waals surface area contributed by atoms with Crippen LogP contribution in [0.4, 0.5) is 0 Å². The average Bonchev–Trinajstić information content (AvgIpc) is 2.56. The van der Waals surface area contributed by atoms with Crippen LogP contribution >= 0.6 is 0 Å². The highest BCUT2D eigenvalue weighted by molar-refractivity contribution is 6.02. The van der Waals surface area contributed by atoms with Crippen molar-refractivity contribution >= 4 is 21.8 Å². The summed E-state index contributed by atoms with van der Waals surface area (Å²) in [4.78, 5) is 32.4. The molecule has 5 heteroatoms. The average molecular weight is 303 g/mol. The number of nitrogens with zero attached hydrogens (tertiary/aromatic N) is 2. The molecule has 0 atom stereocenters. The lowest BCUT2D eigenvalue weighted by atomic mass is 10.1. The van der Waals surface area contributed by atoms with E-state index < -0.39 is 5.69 Å². The van der Waals surface area contributed by atoms with E-state index in [0.29, 0.717) is 16.6 Å². The molecule has 0 radical (unpaired) electrons. The van der Waals surface area contributed by atoms with Crippen molar-refractivity contribution in [3.63, 3.8) is 0 Å². The monoisotopic (exact) mass is 303 g/mol. The van der Waals surface area contributed by atoms with Gasteiger partial charge in [-0.3, -0.25) is 9.78 Å². The predicted molar refractivity (Wildman–Crippen MR) is 90.2 cm³/mol. The lowest BCUT2D eigenvalue weighted by molar-refractivity contribution is 0.901. The summed E-state index contributed by atoms with van der Waals surface area (Å²) in [5.74, 6) is 0. The number of H-pyrrole nitrogens is 1. The van der Waals surface area contributed by atoms with Crippen LogP contribution in [0, 0.1) is 6.92 Å². The molecule has 23 heavy (non-hydrogen) atoms. The third-order valence-electron chi connectivity index (χ3n) is 3.94. The van der Waals surface area contributed by atoms with Gasteiger partial charge in [-0.15, -0.1) is 0 Å². The summed E-state index contributed by atoms with van der Waals surface area (Å²) in [6.07, 6.45) is 1.51. The molecule has 0 aliphatic rings. The van der Waals surface area contributed by atoms with Gasteiger partial charge in [-0.2, -0.15) is 0 Å². The molecule has 0 aliphatic heterocycles. The normalized spacial score (nSPS) is 11.2. The molecule has 4 rings (SSSR count). The highest BCUT2D eigenvalue weighted by Gasteiger charge is 2.12. The minimum Gasteiger partial charge on any atom is -0.306 e. The number of para-hydroxylation sites is 1. The molecule has 0 aliphatic carbocycles. The second-order valence-electron chi connectivity index (χ2n) is 5.47. The summed E-state index contributed by atoms with van der Waals surface area (Å²) in [5.41, 5.74) is 2.04. The number of hydrogen-bond donors (Lipinski definition) is 1. The number of aromatic nitrogens is 3. The van der Waals surface area contributed by atoms with Gasteiger partial charge in [0.1, 0.15) is 0 Å². The topological polar surface area (TPSA) is 67.8 Å². The molecule has 1 N–H and O–H groups in total. The molecule has 0 saturated carbocycles. The van der Waals surface area contributed by atoms with Crippen LogP contribution in [-0.2, 0) is 0 Å². The van der Waals surface area contributed by atoms with Gasteiger partial charge in [0, 0.05) is 11.6 Å². The van der Waals surface area contributed by atoms with Crippen LogP contribution in [0.3, 0.4) is 0 Å². The van der Waals surface area contributed by atoms with Crippen LogP contribution in [0.15, 0.2) is 64.3 Å². The maximum atomic E-state index is 12.8. The molecule has 2 heterocycles. The minimum absolute atomic E-state index is 0.370. The Morgan fingerprint density at radius 3 is 2.48 bits per heavy atom. The van der Waals surface area contributed by atoms with E-state index in [1.165, 1.54) is 6.20 Å². The van der Waals surface area contributed by atoms with E-state index in [2.05, 4.69) is 9.97 Å². The van der Waals surface area contributed by atoms with E-state index in [1.807, 2.05) is 43.3 Å². The molecule has 2 aromatic heterocycles. The zero-order valence-corrected chi connectivity index (χ0v) is 12.4. The smallest absolute Gasteiger partial charge is 0.306 e. The first kappa shape index (κ1) is 13.5.